The van der Waals surface area contributed by atoms with Gasteiger partial charge in [0.05, 0.1) is 23.3 Å². The molecule has 5 nitrogen and oxygen atoms in total. The Bertz CT molecular complexity index is 808. The highest BCUT2D eigenvalue weighted by Crippen LogP contribution is 2.26. The smallest absolute Gasteiger partial charge is 0.157 e. The van der Waals surface area contributed by atoms with Crippen LogP contribution in [0, 0.1) is 25.6 Å². The fourth-order valence-electron chi connectivity index (χ4n) is 2.27. The molecule has 3 rings (SSSR count). The van der Waals surface area contributed by atoms with Gasteiger partial charge in [0.1, 0.15) is 17.3 Å². The van der Waals surface area contributed by atoms with E-state index in [9.17, 15) is 4.39 Å². The molecule has 118 valence electrons. The largest absolute Gasteiger partial charge is 0.364 e. The summed E-state index contributed by atoms with van der Waals surface area (Å²) in [5.41, 5.74) is 1.94. The highest BCUT2D eigenvalue weighted by atomic mass is 19.1. The molecular formula is C17H18FN5. The predicted molar refractivity (Wildman–Crippen MR) is 89.4 cm³/mol. The molecule has 3 heterocycles. The monoisotopic (exact) mass is 311 g/mol. The summed E-state index contributed by atoms with van der Waals surface area (Å²) >= 11 is 0. The van der Waals surface area contributed by atoms with E-state index in [2.05, 4.69) is 38.1 Å². The van der Waals surface area contributed by atoms with Crippen LogP contribution in [-0.4, -0.2) is 19.9 Å². The number of rotatable bonds is 4. The van der Waals surface area contributed by atoms with E-state index in [1.54, 1.807) is 13.1 Å². The summed E-state index contributed by atoms with van der Waals surface area (Å²) in [6, 6.07) is 5.68. The summed E-state index contributed by atoms with van der Waals surface area (Å²) in [5, 5.41) is 3.56. The second kappa shape index (κ2) is 7.36. The molecule has 2 N–H and O–H groups in total. The first-order valence-corrected chi connectivity index (χ1v) is 7.20. The van der Waals surface area contributed by atoms with E-state index in [0.29, 0.717) is 41.3 Å². The van der Waals surface area contributed by atoms with E-state index in [4.69, 9.17) is 0 Å². The van der Waals surface area contributed by atoms with Crippen LogP contribution in [0.3, 0.4) is 0 Å². The maximum absolute atomic E-state index is 14.4. The van der Waals surface area contributed by atoms with Crippen LogP contribution in [-0.2, 0) is 13.0 Å². The number of hydrogen-bond donors (Lipinski definition) is 2. The highest BCUT2D eigenvalue weighted by Gasteiger charge is 2.16. The fraction of sp³-hybridized carbons (Fsp3) is 0.235. The molecule has 23 heavy (non-hydrogen) atoms. The van der Waals surface area contributed by atoms with E-state index < -0.39 is 0 Å². The van der Waals surface area contributed by atoms with Crippen LogP contribution in [0.15, 0.2) is 24.4 Å². The van der Waals surface area contributed by atoms with E-state index in [1.165, 1.54) is 0 Å². The molecule has 3 aromatic heterocycles. The molecular weight excluding hydrogens is 293 g/mol. The molecule has 0 aliphatic heterocycles. The zero-order valence-corrected chi connectivity index (χ0v) is 13.1. The van der Waals surface area contributed by atoms with Crippen molar-refractivity contribution in [2.75, 3.05) is 5.32 Å². The number of pyridine rings is 1. The first-order valence-electron chi connectivity index (χ1n) is 7.20. The second-order valence-electron chi connectivity index (χ2n) is 4.79. The standard InChI is InChI=1S/C15H16FN5.C2H2/c1-3-11-13(16)12-14(19-9(2)20-15(12)21-11)18-8-10-6-4-5-7-17-10;1-2/h4-7H,3,8H2,1-2H3,(H2,18,19,20,21);1-2H. The normalized spacial score (nSPS) is 10.1. The van der Waals surface area contributed by atoms with Crippen LogP contribution in [0.2, 0.25) is 0 Å². The minimum atomic E-state index is -0.281. The summed E-state index contributed by atoms with van der Waals surface area (Å²) in [5.74, 6) is 0.808. The van der Waals surface area contributed by atoms with Crippen molar-refractivity contribution in [1.82, 2.24) is 19.9 Å². The minimum Gasteiger partial charge on any atom is -0.364 e. The Balaban J connectivity index is 0.000000924. The van der Waals surface area contributed by atoms with Crippen molar-refractivity contribution >= 4 is 16.9 Å². The summed E-state index contributed by atoms with van der Waals surface area (Å²) < 4.78 is 14.4. The first-order chi connectivity index (χ1) is 11.2. The number of H-pyrrole nitrogens is 1. The highest BCUT2D eigenvalue weighted by molar-refractivity contribution is 5.88. The van der Waals surface area contributed by atoms with E-state index in [0.717, 1.165) is 5.69 Å². The molecule has 0 radical (unpaired) electrons. The van der Waals surface area contributed by atoms with Crippen molar-refractivity contribution in [3.05, 3.63) is 47.4 Å². The Hall–Kier alpha value is -2.94. The number of aromatic nitrogens is 4. The molecule has 0 spiro atoms. The van der Waals surface area contributed by atoms with Gasteiger partial charge in [0.15, 0.2) is 5.82 Å². The third-order valence-electron chi connectivity index (χ3n) is 3.29. The van der Waals surface area contributed by atoms with Gasteiger partial charge in [0.2, 0.25) is 0 Å². The van der Waals surface area contributed by atoms with Gasteiger partial charge in [-0.25, -0.2) is 14.4 Å². The zero-order valence-electron chi connectivity index (χ0n) is 13.1. The lowest BCUT2D eigenvalue weighted by molar-refractivity contribution is 0.621. The lowest BCUT2D eigenvalue weighted by atomic mass is 10.2. The Kier molecular flexibility index (Phi) is 5.26. The zero-order chi connectivity index (χ0) is 16.8. The average Bonchev–Trinajstić information content (AvgIpc) is 2.91. The van der Waals surface area contributed by atoms with E-state index >= 15 is 0 Å². The maximum atomic E-state index is 14.4. The fourth-order valence-corrected chi connectivity index (χ4v) is 2.27. The molecule has 0 fully saturated rings. The van der Waals surface area contributed by atoms with Gasteiger partial charge < -0.3 is 10.3 Å². The van der Waals surface area contributed by atoms with Crippen molar-refractivity contribution < 1.29 is 4.39 Å². The molecule has 0 saturated carbocycles. The average molecular weight is 311 g/mol. The number of anilines is 1. The van der Waals surface area contributed by atoms with E-state index in [-0.39, 0.29) is 5.82 Å². The molecule has 0 bridgehead atoms. The Morgan fingerprint density at radius 3 is 2.70 bits per heavy atom. The Morgan fingerprint density at radius 1 is 1.26 bits per heavy atom. The van der Waals surface area contributed by atoms with Crippen LogP contribution in [0.1, 0.15) is 24.1 Å². The van der Waals surface area contributed by atoms with Gasteiger partial charge in [-0.3, -0.25) is 4.98 Å². The lowest BCUT2D eigenvalue weighted by Gasteiger charge is -2.07. The summed E-state index contributed by atoms with van der Waals surface area (Å²) in [6.45, 7) is 4.17. The number of fused-ring (bicyclic) bond motifs is 1. The van der Waals surface area contributed by atoms with Crippen molar-refractivity contribution in [2.24, 2.45) is 0 Å². The second-order valence-corrected chi connectivity index (χ2v) is 4.79. The van der Waals surface area contributed by atoms with Crippen LogP contribution in [0.4, 0.5) is 10.2 Å². The van der Waals surface area contributed by atoms with Gasteiger partial charge in [-0.1, -0.05) is 13.0 Å². The molecule has 3 aromatic rings. The van der Waals surface area contributed by atoms with Gasteiger partial charge in [0.25, 0.3) is 0 Å². The number of nitrogens with zero attached hydrogens (tertiary/aromatic N) is 3. The molecule has 0 aliphatic rings. The summed E-state index contributed by atoms with van der Waals surface area (Å²) in [7, 11) is 0. The minimum absolute atomic E-state index is 0.281. The number of aromatic amines is 1. The third-order valence-corrected chi connectivity index (χ3v) is 3.29. The van der Waals surface area contributed by atoms with Gasteiger partial charge >= 0.3 is 0 Å². The Morgan fingerprint density at radius 2 is 2.04 bits per heavy atom. The number of aryl methyl sites for hydroxylation is 2. The molecule has 0 saturated heterocycles. The van der Waals surface area contributed by atoms with Crippen molar-refractivity contribution in [3.63, 3.8) is 0 Å². The first kappa shape index (κ1) is 16.4. The van der Waals surface area contributed by atoms with Crippen molar-refractivity contribution in [3.8, 4) is 12.8 Å². The number of nitrogens with one attached hydrogen (secondary N) is 2. The number of halogens is 1. The van der Waals surface area contributed by atoms with Crippen LogP contribution in [0.5, 0.6) is 0 Å². The molecule has 0 amide bonds. The van der Waals surface area contributed by atoms with Crippen LogP contribution >= 0.6 is 0 Å². The Labute approximate surface area is 134 Å². The van der Waals surface area contributed by atoms with Gasteiger partial charge in [-0.15, -0.1) is 12.8 Å². The van der Waals surface area contributed by atoms with Crippen LogP contribution < -0.4 is 5.32 Å². The molecule has 6 heteroatoms. The molecule has 0 unspecified atom stereocenters. The summed E-state index contributed by atoms with van der Waals surface area (Å²) in [6.07, 6.45) is 10.3. The number of hydrogen-bond acceptors (Lipinski definition) is 4. The molecule has 0 aromatic carbocycles. The number of terminal acetylenes is 1. The maximum Gasteiger partial charge on any atom is 0.157 e. The van der Waals surface area contributed by atoms with Crippen molar-refractivity contribution in [1.29, 1.82) is 0 Å². The van der Waals surface area contributed by atoms with Gasteiger partial charge in [-0.2, -0.15) is 0 Å². The molecule has 0 atom stereocenters. The van der Waals surface area contributed by atoms with Crippen molar-refractivity contribution in [2.45, 2.75) is 26.8 Å². The van der Waals surface area contributed by atoms with Crippen LogP contribution in [0.25, 0.3) is 11.0 Å². The van der Waals surface area contributed by atoms with E-state index in [1.807, 2.05) is 25.1 Å². The molecule has 0 aliphatic carbocycles. The quantitative estimate of drug-likeness (QED) is 0.726. The van der Waals surface area contributed by atoms with Gasteiger partial charge in [0, 0.05) is 6.20 Å². The SMILES string of the molecule is C#C.CCc1[nH]c2nc(C)nc(NCc3ccccn3)c2c1F. The predicted octanol–water partition coefficient (Wildman–Crippen LogP) is 3.22. The van der Waals surface area contributed by atoms with Gasteiger partial charge in [-0.05, 0) is 25.5 Å². The summed E-state index contributed by atoms with van der Waals surface area (Å²) in [4.78, 5) is 15.8. The lowest BCUT2D eigenvalue weighted by Crippen LogP contribution is -2.05. The third kappa shape index (κ3) is 3.46. The topological polar surface area (TPSA) is 66.5 Å².